The number of anilines is 1. The smallest absolute Gasteiger partial charge is 0.312 e. The van der Waals surface area contributed by atoms with E-state index < -0.39 is 5.91 Å². The van der Waals surface area contributed by atoms with Gasteiger partial charge < -0.3 is 19.9 Å². The fourth-order valence-corrected chi connectivity index (χ4v) is 4.33. The summed E-state index contributed by atoms with van der Waals surface area (Å²) in [5, 5.41) is 2.84. The number of carbonyl (C=O) groups is 3. The van der Waals surface area contributed by atoms with Crippen molar-refractivity contribution in [1.82, 2.24) is 9.80 Å². The Hall–Kier alpha value is -3.35. The van der Waals surface area contributed by atoms with E-state index in [0.29, 0.717) is 36.6 Å². The molecule has 2 aliphatic rings. The van der Waals surface area contributed by atoms with Gasteiger partial charge in [-0.3, -0.25) is 14.4 Å². The van der Waals surface area contributed by atoms with Gasteiger partial charge in [-0.1, -0.05) is 37.1 Å². The van der Waals surface area contributed by atoms with Crippen LogP contribution in [0.1, 0.15) is 41.6 Å². The molecule has 4 rings (SSSR count). The van der Waals surface area contributed by atoms with Gasteiger partial charge in [0.25, 0.3) is 5.91 Å². The zero-order valence-electron chi connectivity index (χ0n) is 17.7. The van der Waals surface area contributed by atoms with E-state index >= 15 is 0 Å². The molecule has 1 aliphatic heterocycles. The van der Waals surface area contributed by atoms with Gasteiger partial charge in [-0.05, 0) is 42.7 Å². The summed E-state index contributed by atoms with van der Waals surface area (Å²) in [5.74, 6) is -0.470. The molecule has 1 aliphatic carbocycles. The summed E-state index contributed by atoms with van der Waals surface area (Å²) in [6.45, 7) is 1.49. The first-order valence-electron chi connectivity index (χ1n) is 10.7. The maximum Gasteiger partial charge on any atom is 0.312 e. The minimum atomic E-state index is -0.434. The highest BCUT2D eigenvalue weighted by molar-refractivity contribution is 6.35. The number of rotatable bonds is 6. The quantitative estimate of drug-likeness (QED) is 0.727. The van der Waals surface area contributed by atoms with Crippen molar-refractivity contribution < 1.29 is 19.1 Å². The van der Waals surface area contributed by atoms with E-state index in [0.717, 1.165) is 31.2 Å². The van der Waals surface area contributed by atoms with Gasteiger partial charge in [0.2, 0.25) is 0 Å². The van der Waals surface area contributed by atoms with Crippen LogP contribution in [-0.2, 0) is 16.1 Å². The van der Waals surface area contributed by atoms with Gasteiger partial charge in [-0.15, -0.1) is 0 Å². The Morgan fingerprint density at radius 2 is 1.71 bits per heavy atom. The van der Waals surface area contributed by atoms with Crippen LogP contribution >= 0.6 is 0 Å². The Morgan fingerprint density at radius 1 is 1.00 bits per heavy atom. The molecule has 2 fully saturated rings. The Balaban J connectivity index is 1.37. The normalized spacial score (nSPS) is 17.2. The summed E-state index contributed by atoms with van der Waals surface area (Å²) in [6.07, 6.45) is 4.25. The number of hydrogen-bond acceptors (Lipinski definition) is 4. The average Bonchev–Trinajstić information content (AvgIpc) is 3.32. The van der Waals surface area contributed by atoms with Crippen LogP contribution in [0.3, 0.4) is 0 Å². The summed E-state index contributed by atoms with van der Waals surface area (Å²) in [5.41, 5.74) is 1.98. The highest BCUT2D eigenvalue weighted by Gasteiger charge is 2.37. The molecule has 2 aromatic carbocycles. The molecule has 0 atom stereocenters. The monoisotopic (exact) mass is 421 g/mol. The maximum absolute atomic E-state index is 12.6. The summed E-state index contributed by atoms with van der Waals surface area (Å²) in [4.78, 5) is 41.1. The molecule has 3 amide bonds. The van der Waals surface area contributed by atoms with Gasteiger partial charge in [0.05, 0.1) is 12.8 Å². The number of methoxy groups -OCH3 is 1. The van der Waals surface area contributed by atoms with Crippen molar-refractivity contribution in [2.24, 2.45) is 0 Å². The van der Waals surface area contributed by atoms with E-state index in [1.54, 1.807) is 41.2 Å². The number of ether oxygens (including phenoxy) is 1. The number of piperazine rings is 1. The molecule has 0 spiro atoms. The van der Waals surface area contributed by atoms with Crippen LogP contribution in [0, 0.1) is 0 Å². The molecule has 7 heteroatoms. The summed E-state index contributed by atoms with van der Waals surface area (Å²) >= 11 is 0. The number of para-hydroxylation sites is 2. The number of hydrogen-bond donors (Lipinski definition) is 1. The van der Waals surface area contributed by atoms with Gasteiger partial charge in [0.1, 0.15) is 5.75 Å². The molecule has 1 heterocycles. The van der Waals surface area contributed by atoms with Crippen LogP contribution in [0.25, 0.3) is 0 Å². The first kappa shape index (κ1) is 20.9. The molecule has 7 nitrogen and oxygen atoms in total. The number of nitrogens with one attached hydrogen (secondary N) is 1. The Morgan fingerprint density at radius 3 is 2.42 bits per heavy atom. The molecule has 0 radical (unpaired) electrons. The fourth-order valence-electron chi connectivity index (χ4n) is 4.33. The number of benzene rings is 2. The van der Waals surface area contributed by atoms with Gasteiger partial charge in [0, 0.05) is 31.2 Å². The fraction of sp³-hybridized carbons (Fsp3) is 0.375. The third-order valence-electron chi connectivity index (χ3n) is 6.05. The zero-order chi connectivity index (χ0) is 21.8. The first-order chi connectivity index (χ1) is 15.1. The zero-order valence-corrected chi connectivity index (χ0v) is 17.7. The van der Waals surface area contributed by atoms with Crippen LogP contribution in [0.2, 0.25) is 0 Å². The average molecular weight is 421 g/mol. The molecule has 0 bridgehead atoms. The molecule has 1 saturated heterocycles. The molecular weight excluding hydrogens is 394 g/mol. The first-order valence-corrected chi connectivity index (χ1v) is 10.7. The van der Waals surface area contributed by atoms with E-state index in [2.05, 4.69) is 5.32 Å². The third kappa shape index (κ3) is 4.55. The van der Waals surface area contributed by atoms with Crippen LogP contribution in [0.5, 0.6) is 5.75 Å². The predicted octanol–water partition coefficient (Wildman–Crippen LogP) is 3.06. The highest BCUT2D eigenvalue weighted by Crippen LogP contribution is 2.26. The number of carbonyl (C=O) groups excluding carboxylic acids is 3. The van der Waals surface area contributed by atoms with Crippen molar-refractivity contribution >= 4 is 23.4 Å². The van der Waals surface area contributed by atoms with Crippen molar-refractivity contribution in [3.05, 3.63) is 59.7 Å². The standard InChI is InChI=1S/C24H27N3O4/c1-31-21-9-5-4-8-20(21)25-22(28)18-12-10-17(11-13-18)16-26-14-15-27(24(30)23(26)29)19-6-2-3-7-19/h4-5,8-13,19H,2-3,6-7,14-16H2,1H3,(H,25,28). The van der Waals surface area contributed by atoms with E-state index in [9.17, 15) is 14.4 Å². The minimum Gasteiger partial charge on any atom is -0.495 e. The molecule has 31 heavy (non-hydrogen) atoms. The van der Waals surface area contributed by atoms with Crippen LogP contribution < -0.4 is 10.1 Å². The second-order valence-corrected chi connectivity index (χ2v) is 8.01. The summed E-state index contributed by atoms with van der Waals surface area (Å²) in [7, 11) is 1.55. The largest absolute Gasteiger partial charge is 0.495 e. The molecule has 162 valence electrons. The Kier molecular flexibility index (Phi) is 6.21. The third-order valence-corrected chi connectivity index (χ3v) is 6.05. The van der Waals surface area contributed by atoms with Gasteiger partial charge >= 0.3 is 11.8 Å². The van der Waals surface area contributed by atoms with E-state index in [4.69, 9.17) is 4.74 Å². The lowest BCUT2D eigenvalue weighted by molar-refractivity contribution is -0.158. The lowest BCUT2D eigenvalue weighted by Gasteiger charge is -2.37. The van der Waals surface area contributed by atoms with Crippen molar-refractivity contribution in [3.63, 3.8) is 0 Å². The topological polar surface area (TPSA) is 79.0 Å². The minimum absolute atomic E-state index is 0.222. The summed E-state index contributed by atoms with van der Waals surface area (Å²) < 4.78 is 5.26. The molecule has 0 aromatic heterocycles. The SMILES string of the molecule is COc1ccccc1NC(=O)c1ccc(CN2CCN(C3CCCC3)C(=O)C2=O)cc1. The molecular formula is C24H27N3O4. The van der Waals surface area contributed by atoms with E-state index in [1.165, 1.54) is 0 Å². The second-order valence-electron chi connectivity index (χ2n) is 8.01. The van der Waals surface area contributed by atoms with Gasteiger partial charge in [0.15, 0.2) is 0 Å². The van der Waals surface area contributed by atoms with Crippen molar-refractivity contribution in [3.8, 4) is 5.75 Å². The summed E-state index contributed by atoms with van der Waals surface area (Å²) in [6, 6.07) is 14.5. The number of amides is 3. The van der Waals surface area contributed by atoms with E-state index in [1.807, 2.05) is 24.3 Å². The van der Waals surface area contributed by atoms with Gasteiger partial charge in [-0.2, -0.15) is 0 Å². The van der Waals surface area contributed by atoms with Crippen LogP contribution in [-0.4, -0.2) is 53.8 Å². The van der Waals surface area contributed by atoms with Crippen LogP contribution in [0.15, 0.2) is 48.5 Å². The van der Waals surface area contributed by atoms with Crippen molar-refractivity contribution in [2.75, 3.05) is 25.5 Å². The second kappa shape index (κ2) is 9.20. The Bertz CT molecular complexity index is 967. The Labute approximate surface area is 182 Å². The molecule has 1 saturated carbocycles. The maximum atomic E-state index is 12.6. The van der Waals surface area contributed by atoms with Gasteiger partial charge in [-0.25, -0.2) is 0 Å². The predicted molar refractivity (Wildman–Crippen MR) is 117 cm³/mol. The lowest BCUT2D eigenvalue weighted by Crippen LogP contribution is -2.56. The highest BCUT2D eigenvalue weighted by atomic mass is 16.5. The van der Waals surface area contributed by atoms with E-state index in [-0.39, 0.29) is 17.9 Å². The van der Waals surface area contributed by atoms with Crippen molar-refractivity contribution in [2.45, 2.75) is 38.3 Å². The number of nitrogens with zero attached hydrogens (tertiary/aromatic N) is 2. The molecule has 2 aromatic rings. The lowest BCUT2D eigenvalue weighted by atomic mass is 10.1. The van der Waals surface area contributed by atoms with Crippen molar-refractivity contribution in [1.29, 1.82) is 0 Å². The molecule has 1 N–H and O–H groups in total. The van der Waals surface area contributed by atoms with Crippen LogP contribution in [0.4, 0.5) is 5.69 Å². The molecule has 0 unspecified atom stereocenters.